The van der Waals surface area contributed by atoms with E-state index in [1.807, 2.05) is 0 Å². The second-order valence-electron chi connectivity index (χ2n) is 2.65. The highest BCUT2D eigenvalue weighted by Crippen LogP contribution is 2.00. The molecule has 0 aromatic carbocycles. The molecule has 0 aromatic heterocycles. The minimum absolute atomic E-state index is 0.319. The van der Waals surface area contributed by atoms with E-state index in [0.717, 1.165) is 0 Å². The molecule has 0 radical (unpaired) electrons. The lowest BCUT2D eigenvalue weighted by Gasteiger charge is -2.24. The summed E-state index contributed by atoms with van der Waals surface area (Å²) in [6, 6.07) is 0.495. The third-order valence-electron chi connectivity index (χ3n) is 1.87. The van der Waals surface area contributed by atoms with Gasteiger partial charge in [-0.2, -0.15) is 0 Å². The summed E-state index contributed by atoms with van der Waals surface area (Å²) in [6.45, 7) is 4.22. The van der Waals surface area contributed by atoms with Gasteiger partial charge < -0.3 is 9.64 Å². The molecule has 0 unspecified atom stereocenters. The fourth-order valence-electron chi connectivity index (χ4n) is 0.617. The molecule has 0 aliphatic heterocycles. The first-order chi connectivity index (χ1) is 4.09. The Morgan fingerprint density at radius 3 is 1.78 bits per heavy atom. The van der Waals surface area contributed by atoms with Crippen molar-refractivity contribution in [3.05, 3.63) is 0 Å². The summed E-state index contributed by atoms with van der Waals surface area (Å²) < 4.78 is 5.13. The van der Waals surface area contributed by atoms with Gasteiger partial charge in [0.1, 0.15) is 0 Å². The van der Waals surface area contributed by atoms with Crippen molar-refractivity contribution in [2.24, 2.45) is 0 Å². The largest absolute Gasteiger partial charge is 0.380 e. The molecule has 0 spiro atoms. The van der Waals surface area contributed by atoms with Crippen LogP contribution in [0, 0.1) is 0 Å². The van der Waals surface area contributed by atoms with Gasteiger partial charge in [-0.15, -0.1) is 0 Å². The van der Waals surface area contributed by atoms with Crippen molar-refractivity contribution in [1.82, 2.24) is 4.90 Å². The van der Waals surface area contributed by atoms with Crippen molar-refractivity contribution in [3.63, 3.8) is 0 Å². The fraction of sp³-hybridized carbons (Fsp3) is 1.00. The van der Waals surface area contributed by atoms with Gasteiger partial charge in [0, 0.05) is 13.2 Å². The number of nitrogens with zero attached hydrogens (tertiary/aromatic N) is 1. The van der Waals surface area contributed by atoms with E-state index in [4.69, 9.17) is 4.74 Å². The maximum absolute atomic E-state index is 5.13. The Morgan fingerprint density at radius 2 is 1.67 bits per heavy atom. The summed E-state index contributed by atoms with van der Waals surface area (Å²) in [5.41, 5.74) is 0. The maximum atomic E-state index is 5.13. The van der Waals surface area contributed by atoms with Crippen LogP contribution in [0.3, 0.4) is 0 Å². The SMILES string of the molecule is CO[C@H](C)[C@H](C)N(C)C. The number of hydrogen-bond donors (Lipinski definition) is 0. The quantitative estimate of drug-likeness (QED) is 0.566. The van der Waals surface area contributed by atoms with Crippen LogP contribution in [0.2, 0.25) is 0 Å². The van der Waals surface area contributed by atoms with E-state index in [1.54, 1.807) is 7.11 Å². The zero-order valence-corrected chi connectivity index (χ0v) is 7.01. The van der Waals surface area contributed by atoms with Gasteiger partial charge in [0.15, 0.2) is 0 Å². The van der Waals surface area contributed by atoms with Crippen LogP contribution in [0.4, 0.5) is 0 Å². The Morgan fingerprint density at radius 1 is 1.22 bits per heavy atom. The van der Waals surface area contributed by atoms with Gasteiger partial charge in [-0.25, -0.2) is 0 Å². The Balaban J connectivity index is 3.58. The first kappa shape index (κ1) is 8.92. The van der Waals surface area contributed by atoms with Gasteiger partial charge in [-0.3, -0.25) is 0 Å². The molecule has 0 saturated heterocycles. The average Bonchev–Trinajstić information content (AvgIpc) is 1.84. The Kier molecular flexibility index (Phi) is 3.82. The maximum Gasteiger partial charge on any atom is 0.0695 e. The van der Waals surface area contributed by atoms with Gasteiger partial charge in [0.25, 0.3) is 0 Å². The number of rotatable bonds is 3. The van der Waals surface area contributed by atoms with Gasteiger partial charge in [0.05, 0.1) is 6.10 Å². The van der Waals surface area contributed by atoms with Crippen molar-refractivity contribution in [3.8, 4) is 0 Å². The molecule has 56 valence electrons. The van der Waals surface area contributed by atoms with E-state index in [1.165, 1.54) is 0 Å². The summed E-state index contributed by atoms with van der Waals surface area (Å²) in [7, 11) is 5.85. The normalized spacial score (nSPS) is 18.0. The molecule has 0 fully saturated rings. The molecule has 0 rings (SSSR count). The predicted octanol–water partition coefficient (Wildman–Crippen LogP) is 0.971. The van der Waals surface area contributed by atoms with Crippen LogP contribution >= 0.6 is 0 Å². The van der Waals surface area contributed by atoms with Crippen LogP contribution in [0.25, 0.3) is 0 Å². The number of likely N-dealkylation sites (N-methyl/N-ethyl adjacent to an activating group) is 1. The zero-order valence-electron chi connectivity index (χ0n) is 7.01. The smallest absolute Gasteiger partial charge is 0.0695 e. The first-order valence-corrected chi connectivity index (χ1v) is 3.28. The molecule has 0 aromatic rings. The molecule has 0 N–H and O–H groups in total. The summed E-state index contributed by atoms with van der Waals surface area (Å²) >= 11 is 0. The van der Waals surface area contributed by atoms with E-state index < -0.39 is 0 Å². The minimum atomic E-state index is 0.319. The highest BCUT2D eigenvalue weighted by molar-refractivity contribution is 4.66. The van der Waals surface area contributed by atoms with Crippen LogP contribution in [-0.4, -0.2) is 38.3 Å². The van der Waals surface area contributed by atoms with E-state index in [2.05, 4.69) is 32.8 Å². The topological polar surface area (TPSA) is 12.5 Å². The lowest BCUT2D eigenvalue weighted by atomic mass is 10.2. The van der Waals surface area contributed by atoms with Gasteiger partial charge in [-0.1, -0.05) is 0 Å². The van der Waals surface area contributed by atoms with Gasteiger partial charge in [-0.05, 0) is 27.9 Å². The van der Waals surface area contributed by atoms with Crippen LogP contribution in [0.1, 0.15) is 13.8 Å². The predicted molar refractivity (Wildman–Crippen MR) is 39.6 cm³/mol. The Bertz CT molecular complexity index is 73.3. The van der Waals surface area contributed by atoms with Crippen molar-refractivity contribution in [1.29, 1.82) is 0 Å². The van der Waals surface area contributed by atoms with E-state index in [9.17, 15) is 0 Å². The summed E-state index contributed by atoms with van der Waals surface area (Å²) in [6.07, 6.45) is 0.319. The van der Waals surface area contributed by atoms with Gasteiger partial charge in [0.2, 0.25) is 0 Å². The average molecular weight is 131 g/mol. The molecule has 0 aliphatic carbocycles. The fourth-order valence-corrected chi connectivity index (χ4v) is 0.617. The molecule has 2 atom stereocenters. The van der Waals surface area contributed by atoms with Crippen LogP contribution in [-0.2, 0) is 4.74 Å². The molecule has 0 aliphatic rings. The standard InChI is InChI=1S/C7H17NO/c1-6(8(3)4)7(2)9-5/h6-7H,1-5H3/t6-,7+/m0/s1. The Hall–Kier alpha value is -0.0800. The number of ether oxygens (including phenoxy) is 1. The Labute approximate surface area is 57.8 Å². The second-order valence-corrected chi connectivity index (χ2v) is 2.65. The molecule has 2 heteroatoms. The van der Waals surface area contributed by atoms with Gasteiger partial charge >= 0.3 is 0 Å². The molecule has 2 nitrogen and oxygen atoms in total. The molecule has 0 saturated carbocycles. The molecular formula is C7H17NO. The van der Waals surface area contributed by atoms with E-state index in [-0.39, 0.29) is 0 Å². The first-order valence-electron chi connectivity index (χ1n) is 3.28. The molecule has 9 heavy (non-hydrogen) atoms. The molecular weight excluding hydrogens is 114 g/mol. The van der Waals surface area contributed by atoms with Crippen molar-refractivity contribution in [2.75, 3.05) is 21.2 Å². The minimum Gasteiger partial charge on any atom is -0.380 e. The van der Waals surface area contributed by atoms with Crippen molar-refractivity contribution >= 4 is 0 Å². The summed E-state index contributed by atoms with van der Waals surface area (Å²) in [5, 5.41) is 0. The lowest BCUT2D eigenvalue weighted by molar-refractivity contribution is 0.0533. The molecule has 0 bridgehead atoms. The number of hydrogen-bond acceptors (Lipinski definition) is 2. The third-order valence-corrected chi connectivity index (χ3v) is 1.87. The molecule has 0 amide bonds. The third kappa shape index (κ3) is 2.82. The monoisotopic (exact) mass is 131 g/mol. The zero-order chi connectivity index (χ0) is 7.44. The van der Waals surface area contributed by atoms with Crippen LogP contribution in [0.15, 0.2) is 0 Å². The van der Waals surface area contributed by atoms with Crippen LogP contribution < -0.4 is 0 Å². The second kappa shape index (κ2) is 3.85. The van der Waals surface area contributed by atoms with E-state index >= 15 is 0 Å². The highest BCUT2D eigenvalue weighted by Gasteiger charge is 2.11. The number of methoxy groups -OCH3 is 1. The van der Waals surface area contributed by atoms with E-state index in [0.29, 0.717) is 12.1 Å². The molecule has 0 heterocycles. The lowest BCUT2D eigenvalue weighted by Crippen LogP contribution is -2.35. The van der Waals surface area contributed by atoms with Crippen LogP contribution in [0.5, 0.6) is 0 Å². The summed E-state index contributed by atoms with van der Waals surface area (Å²) in [5.74, 6) is 0. The van der Waals surface area contributed by atoms with Crippen molar-refractivity contribution in [2.45, 2.75) is 26.0 Å². The van der Waals surface area contributed by atoms with Crippen molar-refractivity contribution < 1.29 is 4.74 Å². The highest BCUT2D eigenvalue weighted by atomic mass is 16.5. The summed E-state index contributed by atoms with van der Waals surface area (Å²) in [4.78, 5) is 2.15.